The van der Waals surface area contributed by atoms with Crippen molar-refractivity contribution in [2.24, 2.45) is 0 Å². The third kappa shape index (κ3) is 1.16. The fourth-order valence-corrected chi connectivity index (χ4v) is 3.21. The number of hydrogen-bond donors (Lipinski definition) is 1. The molecular formula is C7H8INS. The van der Waals surface area contributed by atoms with E-state index in [9.17, 15) is 0 Å². The number of fused-ring (bicyclic) bond motifs is 1. The zero-order valence-electron chi connectivity index (χ0n) is 5.48. The van der Waals surface area contributed by atoms with E-state index in [-0.39, 0.29) is 0 Å². The highest BCUT2D eigenvalue weighted by Gasteiger charge is 2.10. The van der Waals surface area contributed by atoms with Crippen molar-refractivity contribution in [3.8, 4) is 0 Å². The molecule has 1 aromatic rings. The van der Waals surface area contributed by atoms with Crippen molar-refractivity contribution in [2.75, 3.05) is 11.9 Å². The fraction of sp³-hybridized carbons (Fsp3) is 0.429. The van der Waals surface area contributed by atoms with Crippen molar-refractivity contribution in [3.05, 3.63) is 13.8 Å². The summed E-state index contributed by atoms with van der Waals surface area (Å²) >= 11 is 4.29. The molecule has 0 aliphatic carbocycles. The van der Waals surface area contributed by atoms with Crippen LogP contribution in [0.1, 0.15) is 11.3 Å². The van der Waals surface area contributed by atoms with E-state index in [0.717, 1.165) is 6.54 Å². The fourth-order valence-electron chi connectivity index (χ4n) is 1.20. The summed E-state index contributed by atoms with van der Waals surface area (Å²) in [6, 6.07) is 2.24. The van der Waals surface area contributed by atoms with Crippen LogP contribution in [-0.4, -0.2) is 6.54 Å². The van der Waals surface area contributed by atoms with E-state index < -0.39 is 0 Å². The van der Waals surface area contributed by atoms with Crippen molar-refractivity contribution in [1.29, 1.82) is 0 Å². The summed E-state index contributed by atoms with van der Waals surface area (Å²) in [6.45, 7) is 1.15. The van der Waals surface area contributed by atoms with Crippen LogP contribution in [0.4, 0.5) is 5.69 Å². The third-order valence-corrected chi connectivity index (χ3v) is 3.63. The second-order valence-electron chi connectivity index (χ2n) is 2.42. The topological polar surface area (TPSA) is 12.0 Å². The van der Waals surface area contributed by atoms with Crippen molar-refractivity contribution < 1.29 is 0 Å². The first-order chi connectivity index (χ1) is 4.86. The zero-order valence-corrected chi connectivity index (χ0v) is 8.46. The standard InChI is InChI=1S/C7H8INS/c8-7-4-5-6(10-7)2-1-3-9-5/h4,9H,1-3H2. The maximum absolute atomic E-state index is 3.39. The van der Waals surface area contributed by atoms with Gasteiger partial charge in [0.05, 0.1) is 2.88 Å². The van der Waals surface area contributed by atoms with Gasteiger partial charge in [0.1, 0.15) is 0 Å². The van der Waals surface area contributed by atoms with Gasteiger partial charge in [-0.2, -0.15) is 0 Å². The maximum Gasteiger partial charge on any atom is 0.0677 e. The second-order valence-corrected chi connectivity index (χ2v) is 5.45. The molecule has 0 atom stereocenters. The highest BCUT2D eigenvalue weighted by molar-refractivity contribution is 14.1. The predicted molar refractivity (Wildman–Crippen MR) is 53.8 cm³/mol. The molecule has 0 amide bonds. The summed E-state index contributed by atoms with van der Waals surface area (Å²) in [5, 5.41) is 3.39. The van der Waals surface area contributed by atoms with Crippen LogP contribution in [0.3, 0.4) is 0 Å². The van der Waals surface area contributed by atoms with E-state index in [4.69, 9.17) is 0 Å². The molecule has 1 nitrogen and oxygen atoms in total. The van der Waals surface area contributed by atoms with Gasteiger partial charge in [-0.25, -0.2) is 0 Å². The van der Waals surface area contributed by atoms with Crippen molar-refractivity contribution in [2.45, 2.75) is 12.8 Å². The molecule has 2 heterocycles. The van der Waals surface area contributed by atoms with Gasteiger partial charge in [0.15, 0.2) is 0 Å². The van der Waals surface area contributed by atoms with Gasteiger partial charge in [-0.1, -0.05) is 0 Å². The summed E-state index contributed by atoms with van der Waals surface area (Å²) < 4.78 is 1.40. The van der Waals surface area contributed by atoms with Crippen LogP contribution in [0.25, 0.3) is 0 Å². The molecule has 0 saturated heterocycles. The Balaban J connectivity index is 2.41. The molecule has 0 fully saturated rings. The largest absolute Gasteiger partial charge is 0.384 e. The summed E-state index contributed by atoms with van der Waals surface area (Å²) in [6.07, 6.45) is 2.57. The van der Waals surface area contributed by atoms with Crippen molar-refractivity contribution in [3.63, 3.8) is 0 Å². The van der Waals surface area contributed by atoms with Crippen LogP contribution >= 0.6 is 33.9 Å². The number of hydrogen-bond acceptors (Lipinski definition) is 2. The van der Waals surface area contributed by atoms with Gasteiger partial charge in [0.25, 0.3) is 0 Å². The van der Waals surface area contributed by atoms with Crippen LogP contribution in [0, 0.1) is 2.88 Å². The van der Waals surface area contributed by atoms with Gasteiger partial charge in [-0.3, -0.25) is 0 Å². The molecule has 0 saturated carbocycles. The monoisotopic (exact) mass is 265 g/mol. The molecule has 1 N–H and O–H groups in total. The van der Waals surface area contributed by atoms with Crippen molar-refractivity contribution >= 4 is 39.6 Å². The van der Waals surface area contributed by atoms with E-state index in [1.807, 2.05) is 11.3 Å². The lowest BCUT2D eigenvalue weighted by molar-refractivity contribution is 0.845. The Morgan fingerprint density at radius 2 is 2.50 bits per heavy atom. The quantitative estimate of drug-likeness (QED) is 0.711. The molecule has 1 aliphatic rings. The molecule has 1 aliphatic heterocycles. The van der Waals surface area contributed by atoms with E-state index in [1.165, 1.54) is 26.3 Å². The van der Waals surface area contributed by atoms with Crippen LogP contribution in [0.2, 0.25) is 0 Å². The van der Waals surface area contributed by atoms with Gasteiger partial charge in [0.2, 0.25) is 0 Å². The minimum atomic E-state index is 1.15. The van der Waals surface area contributed by atoms with Crippen molar-refractivity contribution in [1.82, 2.24) is 0 Å². The second kappa shape index (κ2) is 2.70. The van der Waals surface area contributed by atoms with Gasteiger partial charge in [-0.15, -0.1) is 11.3 Å². The Morgan fingerprint density at radius 3 is 3.30 bits per heavy atom. The summed E-state index contributed by atoms with van der Waals surface area (Å²) in [4.78, 5) is 1.54. The molecule has 2 rings (SSSR count). The van der Waals surface area contributed by atoms with Gasteiger partial charge in [-0.05, 0) is 41.5 Å². The Bertz CT molecular complexity index is 220. The SMILES string of the molecule is Ic1cc2c(s1)CCCN2. The molecule has 0 radical (unpaired) electrons. The first kappa shape index (κ1) is 6.91. The maximum atomic E-state index is 3.39. The van der Waals surface area contributed by atoms with E-state index in [0.29, 0.717) is 0 Å². The molecule has 3 heteroatoms. The van der Waals surface area contributed by atoms with Crippen LogP contribution < -0.4 is 5.32 Å². The molecular weight excluding hydrogens is 257 g/mol. The molecule has 10 heavy (non-hydrogen) atoms. The average Bonchev–Trinajstić information content (AvgIpc) is 2.27. The first-order valence-electron chi connectivity index (χ1n) is 3.38. The number of nitrogens with one attached hydrogen (secondary N) is 1. The smallest absolute Gasteiger partial charge is 0.0677 e. The van der Waals surface area contributed by atoms with Gasteiger partial charge in [0, 0.05) is 17.1 Å². The normalized spacial score (nSPS) is 16.1. The molecule has 0 spiro atoms. The zero-order chi connectivity index (χ0) is 6.97. The van der Waals surface area contributed by atoms with Crippen LogP contribution in [-0.2, 0) is 6.42 Å². The average molecular weight is 265 g/mol. The van der Waals surface area contributed by atoms with Crippen LogP contribution in [0.15, 0.2) is 6.07 Å². The van der Waals surface area contributed by atoms with Crippen LogP contribution in [0.5, 0.6) is 0 Å². The minimum Gasteiger partial charge on any atom is -0.384 e. The van der Waals surface area contributed by atoms with E-state index in [2.05, 4.69) is 34.0 Å². The van der Waals surface area contributed by atoms with Gasteiger partial charge < -0.3 is 5.32 Å². The molecule has 54 valence electrons. The van der Waals surface area contributed by atoms with E-state index >= 15 is 0 Å². The molecule has 1 aromatic heterocycles. The number of anilines is 1. The summed E-state index contributed by atoms with van der Waals surface area (Å²) in [7, 11) is 0. The lowest BCUT2D eigenvalue weighted by atomic mass is 10.2. The third-order valence-electron chi connectivity index (χ3n) is 1.67. The van der Waals surface area contributed by atoms with E-state index in [1.54, 1.807) is 0 Å². The number of rotatable bonds is 0. The molecule has 0 bridgehead atoms. The summed E-state index contributed by atoms with van der Waals surface area (Å²) in [5.41, 5.74) is 1.38. The highest BCUT2D eigenvalue weighted by atomic mass is 127. The summed E-state index contributed by atoms with van der Waals surface area (Å²) in [5.74, 6) is 0. The Labute approximate surface area is 78.0 Å². The molecule has 0 unspecified atom stereocenters. The highest BCUT2D eigenvalue weighted by Crippen LogP contribution is 2.31. The Hall–Kier alpha value is 0.230. The molecule has 0 aromatic carbocycles. The first-order valence-corrected chi connectivity index (χ1v) is 5.28. The lowest BCUT2D eigenvalue weighted by Crippen LogP contribution is -2.08. The van der Waals surface area contributed by atoms with Gasteiger partial charge >= 0.3 is 0 Å². The number of halogens is 1. The Morgan fingerprint density at radius 1 is 1.60 bits per heavy atom. The minimum absolute atomic E-state index is 1.15. The number of thiophene rings is 1. The lowest BCUT2D eigenvalue weighted by Gasteiger charge is -2.11. The predicted octanol–water partition coefficient (Wildman–Crippen LogP) is 2.71. The number of aryl methyl sites for hydroxylation is 1. The Kier molecular flexibility index (Phi) is 1.86.